The number of hydrogen-bond donors (Lipinski definition) is 3. The van der Waals surface area contributed by atoms with Crippen molar-refractivity contribution < 1.29 is 22.7 Å². The van der Waals surface area contributed by atoms with Gasteiger partial charge in [-0.1, -0.05) is 6.07 Å². The topological polar surface area (TPSA) is 114 Å². The Kier molecular flexibility index (Phi) is 3.39. The Labute approximate surface area is 143 Å². The largest absolute Gasteiger partial charge is 0.482 e. The lowest BCUT2D eigenvalue weighted by molar-refractivity contribution is -0.118. The number of nitrogens with one attached hydrogen (secondary N) is 3. The predicted octanol–water partition coefficient (Wildman–Crippen LogP) is 1.31. The van der Waals surface area contributed by atoms with Crippen molar-refractivity contribution in [1.82, 2.24) is 0 Å². The van der Waals surface area contributed by atoms with Crippen molar-refractivity contribution in [3.63, 3.8) is 0 Å². The second-order valence-corrected chi connectivity index (χ2v) is 7.38. The minimum Gasteiger partial charge on any atom is -0.482 e. The molecule has 2 aromatic carbocycles. The van der Waals surface area contributed by atoms with E-state index >= 15 is 0 Å². The molecule has 0 atom stereocenters. The molecule has 128 valence electrons. The van der Waals surface area contributed by atoms with Crippen LogP contribution in [-0.4, -0.2) is 26.8 Å². The molecular weight excluding hydrogens is 346 g/mol. The summed E-state index contributed by atoms with van der Waals surface area (Å²) in [5.41, 5.74) is 2.05. The van der Waals surface area contributed by atoms with Crippen LogP contribution < -0.4 is 20.1 Å². The zero-order valence-electron chi connectivity index (χ0n) is 12.8. The highest BCUT2D eigenvalue weighted by molar-refractivity contribution is 7.92. The van der Waals surface area contributed by atoms with Crippen molar-refractivity contribution in [2.24, 2.45) is 0 Å². The molecule has 25 heavy (non-hydrogen) atoms. The van der Waals surface area contributed by atoms with E-state index in [1.165, 1.54) is 18.2 Å². The van der Waals surface area contributed by atoms with Crippen LogP contribution in [0.15, 0.2) is 41.3 Å². The maximum Gasteiger partial charge on any atom is 0.262 e. The molecule has 0 bridgehead atoms. The van der Waals surface area contributed by atoms with E-state index < -0.39 is 10.0 Å². The summed E-state index contributed by atoms with van der Waals surface area (Å²) >= 11 is 0. The van der Waals surface area contributed by atoms with Crippen LogP contribution in [0.5, 0.6) is 5.75 Å². The third kappa shape index (κ3) is 2.89. The highest BCUT2D eigenvalue weighted by Crippen LogP contribution is 2.32. The van der Waals surface area contributed by atoms with Crippen LogP contribution in [0.4, 0.5) is 17.1 Å². The minimum atomic E-state index is -3.86. The van der Waals surface area contributed by atoms with Crippen LogP contribution in [0.3, 0.4) is 0 Å². The van der Waals surface area contributed by atoms with Gasteiger partial charge >= 0.3 is 0 Å². The Hall–Kier alpha value is -3.07. The summed E-state index contributed by atoms with van der Waals surface area (Å²) in [6, 6.07) is 9.09. The number of ether oxygens (including phenoxy) is 1. The third-order valence-electron chi connectivity index (χ3n) is 3.88. The Morgan fingerprint density at radius 1 is 0.960 bits per heavy atom. The summed E-state index contributed by atoms with van der Waals surface area (Å²) in [6.45, 7) is -0.0990. The number of sulfonamides is 1. The first-order valence-electron chi connectivity index (χ1n) is 7.43. The van der Waals surface area contributed by atoms with Crippen LogP contribution in [0.25, 0.3) is 0 Å². The van der Waals surface area contributed by atoms with Gasteiger partial charge in [0.2, 0.25) is 5.91 Å². The van der Waals surface area contributed by atoms with E-state index in [1.807, 2.05) is 0 Å². The van der Waals surface area contributed by atoms with E-state index in [9.17, 15) is 18.0 Å². The third-order valence-corrected chi connectivity index (χ3v) is 5.26. The molecule has 0 spiro atoms. The van der Waals surface area contributed by atoms with Gasteiger partial charge in [-0.3, -0.25) is 14.3 Å². The molecule has 0 radical (unpaired) electrons. The van der Waals surface area contributed by atoms with E-state index in [0.717, 1.165) is 5.56 Å². The number of rotatable bonds is 3. The van der Waals surface area contributed by atoms with Gasteiger partial charge in [0.15, 0.2) is 6.61 Å². The second kappa shape index (κ2) is 5.49. The number of fused-ring (bicyclic) bond motifs is 2. The van der Waals surface area contributed by atoms with Gasteiger partial charge in [-0.2, -0.15) is 0 Å². The zero-order chi connectivity index (χ0) is 17.6. The summed E-state index contributed by atoms with van der Waals surface area (Å²) in [5.74, 6) is -0.0522. The van der Waals surface area contributed by atoms with Crippen LogP contribution in [0.2, 0.25) is 0 Å². The highest BCUT2D eigenvalue weighted by Gasteiger charge is 2.22. The predicted molar refractivity (Wildman–Crippen MR) is 90.2 cm³/mol. The lowest BCUT2D eigenvalue weighted by Crippen LogP contribution is -2.25. The smallest absolute Gasteiger partial charge is 0.262 e. The standard InChI is InChI=1S/C16H13N3O5S/c20-15-5-9-1-2-10(6-12(9)17-15)19-25(22,23)11-3-4-14-13(7-11)18-16(21)8-24-14/h1-4,6-7,19H,5,8H2,(H,17,20)(H,18,21). The molecule has 4 rings (SSSR count). The van der Waals surface area contributed by atoms with E-state index in [1.54, 1.807) is 18.2 Å². The number of carbonyl (C=O) groups is 2. The molecule has 0 aliphatic carbocycles. The van der Waals surface area contributed by atoms with Gasteiger partial charge in [0.1, 0.15) is 5.75 Å². The average Bonchev–Trinajstić information content (AvgIpc) is 2.93. The molecule has 3 N–H and O–H groups in total. The lowest BCUT2D eigenvalue weighted by Gasteiger charge is -2.18. The van der Waals surface area contributed by atoms with Crippen LogP contribution in [0.1, 0.15) is 5.56 Å². The quantitative estimate of drug-likeness (QED) is 0.765. The van der Waals surface area contributed by atoms with Crippen LogP contribution >= 0.6 is 0 Å². The van der Waals surface area contributed by atoms with Crippen molar-refractivity contribution in [3.8, 4) is 5.75 Å². The Bertz CT molecular complexity index is 1020. The lowest BCUT2D eigenvalue weighted by atomic mass is 10.1. The summed E-state index contributed by atoms with van der Waals surface area (Å²) in [7, 11) is -3.86. The van der Waals surface area contributed by atoms with Gasteiger partial charge in [-0.15, -0.1) is 0 Å². The molecular formula is C16H13N3O5S. The summed E-state index contributed by atoms with van der Waals surface area (Å²) < 4.78 is 32.8. The summed E-state index contributed by atoms with van der Waals surface area (Å²) in [6.07, 6.45) is 0.285. The molecule has 2 amide bonds. The molecule has 2 aliphatic heterocycles. The van der Waals surface area contributed by atoms with Crippen molar-refractivity contribution in [2.45, 2.75) is 11.3 Å². The van der Waals surface area contributed by atoms with Crippen molar-refractivity contribution in [3.05, 3.63) is 42.0 Å². The Balaban J connectivity index is 1.62. The number of carbonyl (C=O) groups excluding carboxylic acids is 2. The zero-order valence-corrected chi connectivity index (χ0v) is 13.6. The van der Waals surface area contributed by atoms with E-state index in [-0.39, 0.29) is 29.7 Å². The van der Waals surface area contributed by atoms with Gasteiger partial charge in [0.25, 0.3) is 15.9 Å². The van der Waals surface area contributed by atoms with E-state index in [4.69, 9.17) is 4.74 Å². The van der Waals surface area contributed by atoms with Gasteiger partial charge in [-0.25, -0.2) is 8.42 Å². The van der Waals surface area contributed by atoms with Gasteiger partial charge in [-0.05, 0) is 35.9 Å². The van der Waals surface area contributed by atoms with Crippen molar-refractivity contribution >= 4 is 38.9 Å². The van der Waals surface area contributed by atoms with E-state index in [2.05, 4.69) is 15.4 Å². The fourth-order valence-corrected chi connectivity index (χ4v) is 3.80. The summed E-state index contributed by atoms with van der Waals surface area (Å²) in [5, 5.41) is 5.24. The van der Waals surface area contributed by atoms with Crippen molar-refractivity contribution in [2.75, 3.05) is 22.0 Å². The number of amides is 2. The maximum atomic E-state index is 12.6. The van der Waals surface area contributed by atoms with Crippen LogP contribution in [-0.2, 0) is 26.0 Å². The second-order valence-electron chi connectivity index (χ2n) is 5.70. The molecule has 2 aromatic rings. The fourth-order valence-electron chi connectivity index (χ4n) is 2.72. The fraction of sp³-hybridized carbons (Fsp3) is 0.125. The molecule has 9 heteroatoms. The Morgan fingerprint density at radius 3 is 2.60 bits per heavy atom. The maximum absolute atomic E-state index is 12.6. The first-order chi connectivity index (χ1) is 11.9. The molecule has 2 aliphatic rings. The molecule has 2 heterocycles. The molecule has 0 saturated heterocycles. The first-order valence-corrected chi connectivity index (χ1v) is 8.91. The summed E-state index contributed by atoms with van der Waals surface area (Å²) in [4.78, 5) is 22.7. The average molecular weight is 359 g/mol. The molecule has 0 saturated carbocycles. The number of benzene rings is 2. The molecule has 0 unspecified atom stereocenters. The SMILES string of the molecule is O=C1Cc2ccc(NS(=O)(=O)c3ccc4c(c3)NC(=O)CO4)cc2N1. The Morgan fingerprint density at radius 2 is 1.76 bits per heavy atom. The van der Waals surface area contributed by atoms with Gasteiger partial charge < -0.3 is 15.4 Å². The van der Waals surface area contributed by atoms with Crippen molar-refractivity contribution in [1.29, 1.82) is 0 Å². The monoisotopic (exact) mass is 359 g/mol. The number of anilines is 3. The molecule has 0 fully saturated rings. The molecule has 0 aromatic heterocycles. The minimum absolute atomic E-state index is 0.0124. The molecule has 8 nitrogen and oxygen atoms in total. The highest BCUT2D eigenvalue weighted by atomic mass is 32.2. The number of hydrogen-bond acceptors (Lipinski definition) is 5. The van der Waals surface area contributed by atoms with Crippen LogP contribution in [0, 0.1) is 0 Å². The van der Waals surface area contributed by atoms with Gasteiger partial charge in [0.05, 0.1) is 22.7 Å². The van der Waals surface area contributed by atoms with Gasteiger partial charge in [0, 0.05) is 5.69 Å². The van der Waals surface area contributed by atoms with E-state index in [0.29, 0.717) is 22.8 Å². The first kappa shape index (κ1) is 15.5. The normalized spacial score (nSPS) is 15.5.